The largest absolute Gasteiger partial charge is 0.324 e. The Labute approximate surface area is 205 Å². The molecular weight excluding hydrogens is 438 g/mol. The number of aromatic nitrogens is 5. The molecule has 4 aromatic rings. The summed E-state index contributed by atoms with van der Waals surface area (Å²) in [6, 6.07) is 10.4. The molecule has 5 rings (SSSR count). The van der Waals surface area contributed by atoms with E-state index in [1.165, 1.54) is 11.1 Å². The third-order valence-corrected chi connectivity index (χ3v) is 6.41. The number of pyridine rings is 1. The molecule has 1 aromatic carbocycles. The van der Waals surface area contributed by atoms with Crippen molar-refractivity contribution in [1.82, 2.24) is 29.6 Å². The van der Waals surface area contributed by atoms with Gasteiger partial charge in [-0.15, -0.1) is 0 Å². The average Bonchev–Trinajstić information content (AvgIpc) is 3.10. The fourth-order valence-corrected chi connectivity index (χ4v) is 4.62. The SMILES string of the molecule is Cc1cc(-n2c3nc(Nc4ccc5c(c4)CNCC5)ncc3c(=O)n2C(C)C)cc(C(C)(C)C)n1. The maximum absolute atomic E-state index is 13.4. The van der Waals surface area contributed by atoms with Gasteiger partial charge in [-0.05, 0) is 69.1 Å². The first-order chi connectivity index (χ1) is 16.6. The van der Waals surface area contributed by atoms with Crippen molar-refractivity contribution in [3.63, 3.8) is 0 Å². The second-order valence-electron chi connectivity index (χ2n) is 10.6. The van der Waals surface area contributed by atoms with Crippen LogP contribution in [0.15, 0.2) is 41.3 Å². The van der Waals surface area contributed by atoms with Gasteiger partial charge in [0.05, 0.1) is 5.69 Å². The first-order valence-electron chi connectivity index (χ1n) is 12.2. The van der Waals surface area contributed by atoms with Crippen LogP contribution in [0.3, 0.4) is 0 Å². The van der Waals surface area contributed by atoms with Gasteiger partial charge >= 0.3 is 0 Å². The predicted octanol–water partition coefficient (Wildman–Crippen LogP) is 4.55. The van der Waals surface area contributed by atoms with Crippen LogP contribution in [-0.4, -0.2) is 30.9 Å². The number of hydrogen-bond donors (Lipinski definition) is 2. The van der Waals surface area contributed by atoms with E-state index in [2.05, 4.69) is 60.7 Å². The number of nitrogens with one attached hydrogen (secondary N) is 2. The van der Waals surface area contributed by atoms with Gasteiger partial charge in [-0.25, -0.2) is 14.3 Å². The van der Waals surface area contributed by atoms with Gasteiger partial charge in [-0.1, -0.05) is 26.8 Å². The maximum Gasteiger partial charge on any atom is 0.278 e. The lowest BCUT2D eigenvalue weighted by molar-refractivity contribution is 0.474. The minimum absolute atomic E-state index is 0.0622. The normalized spacial score (nSPS) is 13.9. The smallest absolute Gasteiger partial charge is 0.278 e. The molecule has 35 heavy (non-hydrogen) atoms. The molecule has 182 valence electrons. The molecule has 2 N–H and O–H groups in total. The summed E-state index contributed by atoms with van der Waals surface area (Å²) in [5.74, 6) is 0.456. The van der Waals surface area contributed by atoms with Crippen molar-refractivity contribution in [2.75, 3.05) is 11.9 Å². The molecule has 0 spiro atoms. The van der Waals surface area contributed by atoms with Crippen LogP contribution in [0.2, 0.25) is 0 Å². The van der Waals surface area contributed by atoms with Gasteiger partial charge in [0.15, 0.2) is 5.65 Å². The van der Waals surface area contributed by atoms with Gasteiger partial charge in [-0.2, -0.15) is 4.98 Å². The zero-order valence-electron chi connectivity index (χ0n) is 21.3. The number of benzene rings is 1. The lowest BCUT2D eigenvalue weighted by atomic mass is 9.91. The van der Waals surface area contributed by atoms with E-state index in [0.29, 0.717) is 17.0 Å². The quantitative estimate of drug-likeness (QED) is 0.454. The Morgan fingerprint density at radius 3 is 2.63 bits per heavy atom. The topological polar surface area (TPSA) is 89.7 Å². The lowest BCUT2D eigenvalue weighted by Gasteiger charge is -2.21. The van der Waals surface area contributed by atoms with Gasteiger partial charge < -0.3 is 10.6 Å². The average molecular weight is 472 g/mol. The van der Waals surface area contributed by atoms with E-state index < -0.39 is 0 Å². The van der Waals surface area contributed by atoms with Gasteiger partial charge in [0.2, 0.25) is 5.95 Å². The molecule has 3 aromatic heterocycles. The molecule has 8 nitrogen and oxygen atoms in total. The molecule has 0 saturated carbocycles. The Morgan fingerprint density at radius 1 is 1.09 bits per heavy atom. The van der Waals surface area contributed by atoms with Gasteiger partial charge in [-0.3, -0.25) is 9.78 Å². The summed E-state index contributed by atoms with van der Waals surface area (Å²) < 4.78 is 3.66. The molecular formula is C27H33N7O. The summed E-state index contributed by atoms with van der Waals surface area (Å²) in [4.78, 5) is 27.4. The van der Waals surface area contributed by atoms with Crippen molar-refractivity contribution in [3.8, 4) is 5.69 Å². The Balaban J connectivity index is 1.65. The second-order valence-corrected chi connectivity index (χ2v) is 10.6. The van der Waals surface area contributed by atoms with Crippen molar-refractivity contribution in [3.05, 3.63) is 69.4 Å². The van der Waals surface area contributed by atoms with Crippen molar-refractivity contribution in [2.45, 2.75) is 66.0 Å². The Kier molecular flexibility index (Phi) is 5.71. The minimum Gasteiger partial charge on any atom is -0.324 e. The van der Waals surface area contributed by atoms with Crippen LogP contribution in [-0.2, 0) is 18.4 Å². The monoisotopic (exact) mass is 471 g/mol. The number of aryl methyl sites for hydroxylation is 1. The second kappa shape index (κ2) is 8.61. The number of nitrogens with zero attached hydrogens (tertiary/aromatic N) is 5. The molecule has 0 bridgehead atoms. The fourth-order valence-electron chi connectivity index (χ4n) is 4.62. The lowest BCUT2D eigenvalue weighted by Crippen LogP contribution is -2.25. The van der Waals surface area contributed by atoms with E-state index in [1.807, 2.05) is 31.5 Å². The predicted molar refractivity (Wildman–Crippen MR) is 140 cm³/mol. The van der Waals surface area contributed by atoms with Crippen LogP contribution < -0.4 is 16.2 Å². The Hall–Kier alpha value is -3.52. The van der Waals surface area contributed by atoms with Crippen molar-refractivity contribution in [2.24, 2.45) is 0 Å². The first-order valence-corrected chi connectivity index (χ1v) is 12.2. The number of fused-ring (bicyclic) bond motifs is 2. The summed E-state index contributed by atoms with van der Waals surface area (Å²) in [7, 11) is 0. The summed E-state index contributed by atoms with van der Waals surface area (Å²) >= 11 is 0. The van der Waals surface area contributed by atoms with Gasteiger partial charge in [0.1, 0.15) is 5.39 Å². The molecule has 0 unspecified atom stereocenters. The summed E-state index contributed by atoms with van der Waals surface area (Å²) in [5, 5.41) is 7.25. The van der Waals surface area contributed by atoms with Crippen LogP contribution in [0.4, 0.5) is 11.6 Å². The standard InChI is InChI=1S/C27H33N7O/c1-16(2)33-25(35)22-15-29-26(31-20-8-7-18-9-10-28-14-19(18)12-20)32-24(22)34(33)21-11-17(3)30-23(13-21)27(4,5)6/h7-8,11-13,15-16,28H,9-10,14H2,1-6H3,(H,29,31,32). The van der Waals surface area contributed by atoms with E-state index in [1.54, 1.807) is 10.9 Å². The highest BCUT2D eigenvalue weighted by Gasteiger charge is 2.22. The van der Waals surface area contributed by atoms with Crippen molar-refractivity contribution >= 4 is 22.7 Å². The molecule has 0 radical (unpaired) electrons. The zero-order valence-corrected chi connectivity index (χ0v) is 21.3. The molecule has 0 atom stereocenters. The molecule has 0 amide bonds. The Bertz CT molecular complexity index is 1470. The zero-order chi connectivity index (χ0) is 24.9. The van der Waals surface area contributed by atoms with Crippen LogP contribution in [0.5, 0.6) is 0 Å². The van der Waals surface area contributed by atoms with Crippen molar-refractivity contribution in [1.29, 1.82) is 0 Å². The van der Waals surface area contributed by atoms with Crippen LogP contribution in [0.1, 0.15) is 63.2 Å². The highest BCUT2D eigenvalue weighted by molar-refractivity contribution is 5.77. The molecule has 1 aliphatic heterocycles. The van der Waals surface area contributed by atoms with Gasteiger partial charge in [0.25, 0.3) is 5.56 Å². The highest BCUT2D eigenvalue weighted by atomic mass is 16.1. The minimum atomic E-state index is -0.129. The molecule has 4 heterocycles. The molecule has 0 fully saturated rings. The number of hydrogen-bond acceptors (Lipinski definition) is 6. The Morgan fingerprint density at radius 2 is 1.89 bits per heavy atom. The van der Waals surface area contributed by atoms with E-state index in [-0.39, 0.29) is 17.0 Å². The van der Waals surface area contributed by atoms with E-state index in [9.17, 15) is 4.79 Å². The highest BCUT2D eigenvalue weighted by Crippen LogP contribution is 2.27. The number of rotatable bonds is 4. The summed E-state index contributed by atoms with van der Waals surface area (Å²) in [6.07, 6.45) is 2.66. The van der Waals surface area contributed by atoms with E-state index >= 15 is 0 Å². The number of anilines is 2. The van der Waals surface area contributed by atoms with Crippen LogP contribution in [0, 0.1) is 6.92 Å². The fraction of sp³-hybridized carbons (Fsp3) is 0.407. The molecule has 8 heteroatoms. The third-order valence-electron chi connectivity index (χ3n) is 6.41. The van der Waals surface area contributed by atoms with Crippen molar-refractivity contribution < 1.29 is 0 Å². The summed E-state index contributed by atoms with van der Waals surface area (Å²) in [6.45, 7) is 14.3. The molecule has 0 aliphatic carbocycles. The molecule has 0 saturated heterocycles. The third kappa shape index (κ3) is 4.34. The van der Waals surface area contributed by atoms with Crippen LogP contribution in [0.25, 0.3) is 16.7 Å². The maximum atomic E-state index is 13.4. The van der Waals surface area contributed by atoms with E-state index in [0.717, 1.165) is 42.3 Å². The summed E-state index contributed by atoms with van der Waals surface area (Å²) in [5.41, 5.74) is 6.66. The van der Waals surface area contributed by atoms with Crippen LogP contribution >= 0.6 is 0 Å². The molecule has 1 aliphatic rings. The first kappa shape index (κ1) is 23.2. The van der Waals surface area contributed by atoms with E-state index in [4.69, 9.17) is 9.97 Å². The van der Waals surface area contributed by atoms with Gasteiger partial charge in [0, 0.05) is 41.3 Å².